The lowest BCUT2D eigenvalue weighted by Crippen LogP contribution is -2.31. The Morgan fingerprint density at radius 3 is 0.640 bits per heavy atom. The lowest BCUT2D eigenvalue weighted by molar-refractivity contribution is -0.138. The standard InChI is InChI=1S/C68H132N2O16/c1-3-5-7-9-11-13-15-17-19-21-23-25-27-29-31-33-37-69(39-35-67(71)72)41-43-75-45-47-77-49-51-79-53-55-81-57-59-83-61-63-85-65-66-86-64-62-84-60-58-82-56-54-80-52-50-78-48-46-76-44-42-70(40-36-68(73)74)38-34-32-30-28-26-24-22-20-18-16-14-12-10-8-6-4-2/h17-20H,3-16,21-66H2,1-2H3,(H,71,72)(H,73,74)/b19-17+,20-18+. The van der Waals surface area contributed by atoms with Crippen LogP contribution in [-0.4, -0.2) is 230 Å². The SMILES string of the molecule is CCCCCCCC/C=C/CCCCCCCCN(CCOCCOCCOCCOCCOCCOCCOCCOCCOCCOCCOCCOCCN(CCCCCCCC/C=C/CCCCCCCC)CCC(=O)O)CCC(=O)O. The van der Waals surface area contributed by atoms with E-state index >= 15 is 0 Å². The third-order valence-electron chi connectivity index (χ3n) is 14.5. The first-order chi connectivity index (χ1) is 42.5. The number of unbranched alkanes of at least 4 members (excludes halogenated alkanes) is 24. The molecule has 0 heterocycles. The minimum Gasteiger partial charge on any atom is -0.481 e. The highest BCUT2D eigenvalue weighted by Gasteiger charge is 2.10. The topological polar surface area (TPSA) is 192 Å². The van der Waals surface area contributed by atoms with Gasteiger partial charge in [-0.25, -0.2) is 0 Å². The molecule has 0 aliphatic rings. The number of carboxylic acid groups (broad SMARTS) is 2. The van der Waals surface area contributed by atoms with Crippen LogP contribution >= 0.6 is 0 Å². The van der Waals surface area contributed by atoms with Gasteiger partial charge in [-0.15, -0.1) is 0 Å². The summed E-state index contributed by atoms with van der Waals surface area (Å²) < 4.78 is 67.3. The van der Waals surface area contributed by atoms with Crippen molar-refractivity contribution in [3.8, 4) is 0 Å². The minimum absolute atomic E-state index is 0.152. The van der Waals surface area contributed by atoms with E-state index in [2.05, 4.69) is 48.0 Å². The third-order valence-corrected chi connectivity index (χ3v) is 14.5. The molecule has 18 nitrogen and oxygen atoms in total. The second-order valence-corrected chi connectivity index (χ2v) is 22.2. The predicted octanol–water partition coefficient (Wildman–Crippen LogP) is 12.8. The van der Waals surface area contributed by atoms with Crippen LogP contribution in [0.3, 0.4) is 0 Å². The van der Waals surface area contributed by atoms with E-state index in [0.717, 1.165) is 39.0 Å². The molecule has 0 saturated heterocycles. The molecule has 0 unspecified atom stereocenters. The summed E-state index contributed by atoms with van der Waals surface area (Å²) in [5.74, 6) is -1.52. The Bertz CT molecular complexity index is 1290. The van der Waals surface area contributed by atoms with Gasteiger partial charge in [0.15, 0.2) is 0 Å². The van der Waals surface area contributed by atoms with Crippen molar-refractivity contribution < 1.29 is 76.6 Å². The number of carboxylic acids is 2. The Labute approximate surface area is 525 Å². The number of aliphatic carboxylic acids is 2. The number of rotatable bonds is 77. The van der Waals surface area contributed by atoms with Gasteiger partial charge in [0.1, 0.15) is 0 Å². The van der Waals surface area contributed by atoms with Gasteiger partial charge in [0, 0.05) is 26.2 Å². The molecule has 0 amide bonds. The molecule has 0 spiro atoms. The number of nitrogens with zero attached hydrogens (tertiary/aromatic N) is 2. The van der Waals surface area contributed by atoms with E-state index in [4.69, 9.17) is 56.8 Å². The van der Waals surface area contributed by atoms with Crippen molar-refractivity contribution in [1.29, 1.82) is 0 Å². The summed E-state index contributed by atoms with van der Waals surface area (Å²) in [6, 6.07) is 0. The molecule has 2 N–H and O–H groups in total. The van der Waals surface area contributed by atoms with Crippen LogP contribution in [0.1, 0.15) is 206 Å². The molecule has 0 aromatic heterocycles. The van der Waals surface area contributed by atoms with Gasteiger partial charge < -0.3 is 76.9 Å². The van der Waals surface area contributed by atoms with Gasteiger partial charge >= 0.3 is 11.9 Å². The fourth-order valence-corrected chi connectivity index (χ4v) is 9.25. The zero-order valence-electron chi connectivity index (χ0n) is 55.2. The summed E-state index contributed by atoms with van der Waals surface area (Å²) in [6.07, 6.45) is 45.6. The lowest BCUT2D eigenvalue weighted by atomic mass is 10.1. The molecule has 510 valence electrons. The normalized spacial score (nSPS) is 12.0. The van der Waals surface area contributed by atoms with Crippen LogP contribution in [0.15, 0.2) is 24.3 Å². The number of allylic oxidation sites excluding steroid dienone is 4. The van der Waals surface area contributed by atoms with Crippen molar-refractivity contribution in [2.24, 2.45) is 0 Å². The Morgan fingerprint density at radius 2 is 0.430 bits per heavy atom. The van der Waals surface area contributed by atoms with Gasteiger partial charge in [0.05, 0.1) is 171 Å². The van der Waals surface area contributed by atoms with Gasteiger partial charge in [-0.2, -0.15) is 0 Å². The molecule has 0 fully saturated rings. The Morgan fingerprint density at radius 1 is 0.244 bits per heavy atom. The van der Waals surface area contributed by atoms with E-state index in [1.54, 1.807) is 0 Å². The number of ether oxygens (including phenoxy) is 12. The van der Waals surface area contributed by atoms with Crippen LogP contribution in [0.2, 0.25) is 0 Å². The van der Waals surface area contributed by atoms with Gasteiger partial charge in [-0.3, -0.25) is 9.59 Å². The lowest BCUT2D eigenvalue weighted by Gasteiger charge is -2.21. The highest BCUT2D eigenvalue weighted by Crippen LogP contribution is 2.13. The van der Waals surface area contributed by atoms with Crippen LogP contribution in [0, 0.1) is 0 Å². The zero-order valence-corrected chi connectivity index (χ0v) is 55.2. The first kappa shape index (κ1) is 83.9. The van der Waals surface area contributed by atoms with E-state index in [1.165, 1.54) is 167 Å². The minimum atomic E-state index is -0.761. The molecular formula is C68H132N2O16. The smallest absolute Gasteiger partial charge is 0.304 e. The quantitative estimate of drug-likeness (QED) is 0.0431. The molecule has 0 radical (unpaired) electrons. The van der Waals surface area contributed by atoms with Crippen LogP contribution in [0.5, 0.6) is 0 Å². The summed E-state index contributed by atoms with van der Waals surface area (Å²) in [6.45, 7) is 20.7. The van der Waals surface area contributed by atoms with E-state index in [1.807, 2.05) is 0 Å². The molecule has 0 aromatic rings. The molecule has 0 saturated carbocycles. The Balaban J connectivity index is 3.46. The van der Waals surface area contributed by atoms with Gasteiger partial charge in [0.25, 0.3) is 0 Å². The molecular weight excluding hydrogens is 1100 g/mol. The molecule has 18 heteroatoms. The van der Waals surface area contributed by atoms with Crippen LogP contribution in [0.4, 0.5) is 0 Å². The average molecular weight is 1230 g/mol. The summed E-state index contributed by atoms with van der Waals surface area (Å²) in [5.41, 5.74) is 0. The fraction of sp³-hybridized carbons (Fsp3) is 0.912. The van der Waals surface area contributed by atoms with Crippen LogP contribution in [-0.2, 0) is 66.4 Å². The van der Waals surface area contributed by atoms with Crippen molar-refractivity contribution in [3.05, 3.63) is 24.3 Å². The van der Waals surface area contributed by atoms with E-state index < -0.39 is 11.9 Å². The maximum atomic E-state index is 11.2. The molecule has 86 heavy (non-hydrogen) atoms. The highest BCUT2D eigenvalue weighted by molar-refractivity contribution is 5.67. The Hall–Kier alpha value is -2.14. The predicted molar refractivity (Wildman–Crippen MR) is 346 cm³/mol. The second kappa shape index (κ2) is 75.3. The largest absolute Gasteiger partial charge is 0.481 e. The zero-order chi connectivity index (χ0) is 62.0. The summed E-state index contributed by atoms with van der Waals surface area (Å²) in [7, 11) is 0. The molecule has 0 rings (SSSR count). The molecule has 0 atom stereocenters. The number of hydrogen-bond donors (Lipinski definition) is 2. The summed E-state index contributed by atoms with van der Waals surface area (Å²) in [5, 5.41) is 18.4. The first-order valence-corrected chi connectivity index (χ1v) is 34.6. The van der Waals surface area contributed by atoms with Crippen molar-refractivity contribution in [1.82, 2.24) is 9.80 Å². The maximum Gasteiger partial charge on any atom is 0.304 e. The van der Waals surface area contributed by atoms with Crippen molar-refractivity contribution >= 4 is 11.9 Å². The average Bonchev–Trinajstić information content (AvgIpc) is 3.52. The van der Waals surface area contributed by atoms with Crippen molar-refractivity contribution in [2.75, 3.05) is 198 Å². The van der Waals surface area contributed by atoms with E-state index in [9.17, 15) is 19.8 Å². The van der Waals surface area contributed by atoms with Gasteiger partial charge in [-0.1, -0.05) is 154 Å². The maximum absolute atomic E-state index is 11.2. The third kappa shape index (κ3) is 74.3. The second-order valence-electron chi connectivity index (χ2n) is 22.2. The van der Waals surface area contributed by atoms with E-state index in [0.29, 0.717) is 172 Å². The summed E-state index contributed by atoms with van der Waals surface area (Å²) >= 11 is 0. The van der Waals surface area contributed by atoms with Crippen molar-refractivity contribution in [2.45, 2.75) is 206 Å². The first-order valence-electron chi connectivity index (χ1n) is 34.6. The Kier molecular flexibility index (Phi) is 73.4. The monoisotopic (exact) mass is 1230 g/mol. The molecule has 0 aliphatic carbocycles. The van der Waals surface area contributed by atoms with Gasteiger partial charge in [-0.05, 0) is 77.3 Å². The van der Waals surface area contributed by atoms with Crippen LogP contribution < -0.4 is 0 Å². The number of hydrogen-bond acceptors (Lipinski definition) is 16. The van der Waals surface area contributed by atoms with Crippen molar-refractivity contribution in [3.63, 3.8) is 0 Å². The summed E-state index contributed by atoms with van der Waals surface area (Å²) in [4.78, 5) is 26.8. The van der Waals surface area contributed by atoms with E-state index in [-0.39, 0.29) is 12.8 Å². The van der Waals surface area contributed by atoms with Crippen LogP contribution in [0.25, 0.3) is 0 Å². The molecule has 0 aliphatic heterocycles. The highest BCUT2D eigenvalue weighted by atomic mass is 16.6. The molecule has 0 aromatic carbocycles. The number of carbonyl (C=O) groups is 2. The fourth-order valence-electron chi connectivity index (χ4n) is 9.25. The van der Waals surface area contributed by atoms with Gasteiger partial charge in [0.2, 0.25) is 0 Å². The molecule has 0 bridgehead atoms.